The van der Waals surface area contributed by atoms with Crippen LogP contribution in [-0.2, 0) is 0 Å². The fraction of sp³-hybridized carbons (Fsp3) is 0.263. The van der Waals surface area contributed by atoms with Crippen LogP contribution >= 0.6 is 11.8 Å². The molecule has 4 rings (SSSR count). The van der Waals surface area contributed by atoms with Crippen molar-refractivity contribution in [2.75, 3.05) is 5.88 Å². The molecule has 2 aromatic heterocycles. The Morgan fingerprint density at radius 1 is 1.16 bits per heavy atom. The number of fused-ring (bicyclic) bond motifs is 1. The Bertz CT molecular complexity index is 1010. The molecule has 0 spiro atoms. The Kier molecular flexibility index (Phi) is 3.72. The fourth-order valence-corrected chi connectivity index (χ4v) is 4.21. The molecule has 1 aliphatic heterocycles. The standard InChI is InChI=1S/C19H20N4OS/c1-19(2,3)22-12-25-11-15(22)17-20-18(24)16-14(9-10-23(16)21-17)13-7-5-4-6-8-13/h4-11H,12H2,1-3H3,(H,20,21,24). The van der Waals surface area contributed by atoms with Crippen molar-refractivity contribution in [1.82, 2.24) is 19.5 Å². The number of hydrogen-bond acceptors (Lipinski definition) is 4. The Hall–Kier alpha value is -2.47. The Labute approximate surface area is 150 Å². The van der Waals surface area contributed by atoms with Gasteiger partial charge in [0.2, 0.25) is 0 Å². The lowest BCUT2D eigenvalue weighted by Gasteiger charge is -2.34. The summed E-state index contributed by atoms with van der Waals surface area (Å²) >= 11 is 1.72. The monoisotopic (exact) mass is 352 g/mol. The van der Waals surface area contributed by atoms with E-state index in [0.29, 0.717) is 11.3 Å². The number of aromatic amines is 1. The highest BCUT2D eigenvalue weighted by Crippen LogP contribution is 2.35. The third-order valence-corrected chi connectivity index (χ3v) is 5.15. The zero-order valence-electron chi connectivity index (χ0n) is 14.5. The van der Waals surface area contributed by atoms with Gasteiger partial charge in [-0.15, -0.1) is 16.9 Å². The Morgan fingerprint density at radius 3 is 2.64 bits per heavy atom. The van der Waals surface area contributed by atoms with Crippen molar-refractivity contribution in [2.45, 2.75) is 26.3 Å². The van der Waals surface area contributed by atoms with Crippen molar-refractivity contribution in [3.63, 3.8) is 0 Å². The van der Waals surface area contributed by atoms with Gasteiger partial charge in [-0.25, -0.2) is 4.52 Å². The van der Waals surface area contributed by atoms with Crippen LogP contribution in [0.1, 0.15) is 26.6 Å². The van der Waals surface area contributed by atoms with Gasteiger partial charge >= 0.3 is 0 Å². The van der Waals surface area contributed by atoms with Crippen LogP contribution < -0.4 is 5.56 Å². The van der Waals surface area contributed by atoms with E-state index in [2.05, 4.69) is 41.2 Å². The molecule has 1 aromatic carbocycles. The van der Waals surface area contributed by atoms with Crippen LogP contribution in [0.15, 0.2) is 52.8 Å². The van der Waals surface area contributed by atoms with Crippen LogP contribution in [0.3, 0.4) is 0 Å². The first-order chi connectivity index (χ1) is 11.9. The van der Waals surface area contributed by atoms with Gasteiger partial charge in [0, 0.05) is 22.7 Å². The smallest absolute Gasteiger partial charge is 0.276 e. The van der Waals surface area contributed by atoms with Gasteiger partial charge in [0.15, 0.2) is 5.82 Å². The van der Waals surface area contributed by atoms with E-state index in [0.717, 1.165) is 22.7 Å². The van der Waals surface area contributed by atoms with Crippen LogP contribution in [0, 0.1) is 0 Å². The van der Waals surface area contributed by atoms with Crippen LogP contribution in [0.5, 0.6) is 0 Å². The van der Waals surface area contributed by atoms with Crippen molar-refractivity contribution < 1.29 is 0 Å². The first-order valence-corrected chi connectivity index (χ1v) is 9.27. The number of thioether (sulfide) groups is 1. The maximum Gasteiger partial charge on any atom is 0.276 e. The molecule has 0 amide bonds. The molecule has 25 heavy (non-hydrogen) atoms. The van der Waals surface area contributed by atoms with E-state index in [9.17, 15) is 4.79 Å². The molecular weight excluding hydrogens is 332 g/mol. The SMILES string of the molecule is CC(C)(C)N1CSC=C1c1nn2ccc(-c3ccccc3)c2c(=O)[nH]1. The zero-order chi connectivity index (χ0) is 17.6. The number of nitrogens with zero attached hydrogens (tertiary/aromatic N) is 3. The number of rotatable bonds is 2. The minimum absolute atomic E-state index is 0.0330. The largest absolute Gasteiger partial charge is 0.354 e. The lowest BCUT2D eigenvalue weighted by Crippen LogP contribution is -2.38. The van der Waals surface area contributed by atoms with E-state index in [-0.39, 0.29) is 11.1 Å². The average Bonchev–Trinajstić information content (AvgIpc) is 3.22. The summed E-state index contributed by atoms with van der Waals surface area (Å²) in [5, 5.41) is 6.73. The quantitative estimate of drug-likeness (QED) is 0.762. The van der Waals surface area contributed by atoms with Gasteiger partial charge in [0.1, 0.15) is 5.52 Å². The highest BCUT2D eigenvalue weighted by molar-refractivity contribution is 8.02. The van der Waals surface area contributed by atoms with Crippen molar-refractivity contribution in [3.8, 4) is 11.1 Å². The number of H-pyrrole nitrogens is 1. The maximum absolute atomic E-state index is 12.8. The lowest BCUT2D eigenvalue weighted by molar-refractivity contribution is 0.258. The van der Waals surface area contributed by atoms with Crippen LogP contribution in [0.25, 0.3) is 22.3 Å². The van der Waals surface area contributed by atoms with E-state index >= 15 is 0 Å². The van der Waals surface area contributed by atoms with Crippen LogP contribution in [0.4, 0.5) is 0 Å². The molecular formula is C19H20N4OS. The molecule has 3 heterocycles. The first kappa shape index (κ1) is 16.0. The fourth-order valence-electron chi connectivity index (χ4n) is 3.06. The number of aromatic nitrogens is 3. The highest BCUT2D eigenvalue weighted by atomic mass is 32.2. The molecule has 0 atom stereocenters. The maximum atomic E-state index is 12.8. The second-order valence-electron chi connectivity index (χ2n) is 7.09. The summed E-state index contributed by atoms with van der Waals surface area (Å²) in [6, 6.07) is 11.8. The van der Waals surface area contributed by atoms with Crippen LogP contribution in [-0.4, -0.2) is 30.9 Å². The zero-order valence-corrected chi connectivity index (χ0v) is 15.3. The van der Waals surface area contributed by atoms with Crippen molar-refractivity contribution in [1.29, 1.82) is 0 Å². The van der Waals surface area contributed by atoms with Gasteiger partial charge in [-0.2, -0.15) is 0 Å². The minimum atomic E-state index is -0.125. The van der Waals surface area contributed by atoms with E-state index < -0.39 is 0 Å². The molecule has 0 bridgehead atoms. The average molecular weight is 352 g/mol. The summed E-state index contributed by atoms with van der Waals surface area (Å²) in [5.41, 5.74) is 3.28. The molecule has 0 unspecified atom stereocenters. The Morgan fingerprint density at radius 2 is 1.92 bits per heavy atom. The van der Waals surface area contributed by atoms with Gasteiger partial charge in [-0.05, 0) is 32.4 Å². The van der Waals surface area contributed by atoms with E-state index in [1.54, 1.807) is 16.3 Å². The number of benzene rings is 1. The Balaban J connectivity index is 1.84. The molecule has 0 aliphatic carbocycles. The predicted molar refractivity (Wildman–Crippen MR) is 103 cm³/mol. The third kappa shape index (κ3) is 2.76. The summed E-state index contributed by atoms with van der Waals surface area (Å²) in [4.78, 5) is 18.0. The molecule has 0 radical (unpaired) electrons. The molecule has 5 nitrogen and oxygen atoms in total. The number of hydrogen-bond donors (Lipinski definition) is 1. The second kappa shape index (κ2) is 5.81. The second-order valence-corrected chi connectivity index (χ2v) is 7.92. The van der Waals surface area contributed by atoms with Gasteiger partial charge in [0.25, 0.3) is 5.56 Å². The first-order valence-electron chi connectivity index (χ1n) is 8.22. The minimum Gasteiger partial charge on any atom is -0.354 e. The molecule has 1 aliphatic rings. The normalized spacial score (nSPS) is 15.0. The topological polar surface area (TPSA) is 53.4 Å². The number of nitrogens with one attached hydrogen (secondary N) is 1. The van der Waals surface area contributed by atoms with Gasteiger partial charge in [0.05, 0.1) is 11.6 Å². The molecule has 1 N–H and O–H groups in total. The van der Waals surface area contributed by atoms with E-state index in [1.807, 2.05) is 42.6 Å². The summed E-state index contributed by atoms with van der Waals surface area (Å²) in [6.07, 6.45) is 1.85. The predicted octanol–water partition coefficient (Wildman–Crippen LogP) is 3.79. The molecule has 3 aromatic rings. The lowest BCUT2D eigenvalue weighted by atomic mass is 10.1. The summed E-state index contributed by atoms with van der Waals surface area (Å²) in [7, 11) is 0. The van der Waals surface area contributed by atoms with Gasteiger partial charge in [-0.3, -0.25) is 4.79 Å². The van der Waals surface area contributed by atoms with E-state index in [1.165, 1.54) is 0 Å². The molecule has 6 heteroatoms. The van der Waals surface area contributed by atoms with Crippen LogP contribution in [0.2, 0.25) is 0 Å². The molecule has 128 valence electrons. The summed E-state index contributed by atoms with van der Waals surface area (Å²) in [5.74, 6) is 1.47. The van der Waals surface area contributed by atoms with Gasteiger partial charge in [-0.1, -0.05) is 30.3 Å². The highest BCUT2D eigenvalue weighted by Gasteiger charge is 2.29. The van der Waals surface area contributed by atoms with Crippen molar-refractivity contribution >= 4 is 23.0 Å². The third-order valence-electron chi connectivity index (χ3n) is 4.35. The molecule has 0 fully saturated rings. The molecule has 0 saturated heterocycles. The van der Waals surface area contributed by atoms with Crippen molar-refractivity contribution in [2.24, 2.45) is 0 Å². The summed E-state index contributed by atoms with van der Waals surface area (Å²) < 4.78 is 1.68. The van der Waals surface area contributed by atoms with E-state index in [4.69, 9.17) is 0 Å². The van der Waals surface area contributed by atoms with Gasteiger partial charge < -0.3 is 9.88 Å². The summed E-state index contributed by atoms with van der Waals surface area (Å²) in [6.45, 7) is 6.48. The molecule has 0 saturated carbocycles. The van der Waals surface area contributed by atoms with Crippen molar-refractivity contribution in [3.05, 3.63) is 64.2 Å².